The third kappa shape index (κ3) is 1.33. The van der Waals surface area contributed by atoms with E-state index in [4.69, 9.17) is 4.74 Å². The van der Waals surface area contributed by atoms with Gasteiger partial charge in [-0.15, -0.1) is 10.2 Å². The summed E-state index contributed by atoms with van der Waals surface area (Å²) in [7, 11) is 0. The van der Waals surface area contributed by atoms with Crippen molar-refractivity contribution in [2.45, 2.75) is 20.0 Å². The van der Waals surface area contributed by atoms with Crippen LogP contribution >= 0.6 is 15.9 Å². The molecule has 0 spiro atoms. The fraction of sp³-hybridized carbons (Fsp3) is 0.400. The van der Waals surface area contributed by atoms with Gasteiger partial charge in [-0.2, -0.15) is 0 Å². The van der Waals surface area contributed by atoms with E-state index in [1.807, 2.05) is 4.57 Å². The quantitative estimate of drug-likeness (QED) is 0.724. The monoisotopic (exact) mass is 267 g/mol. The maximum Gasteiger partial charge on any atom is 0.175 e. The van der Waals surface area contributed by atoms with Gasteiger partial charge in [0.2, 0.25) is 0 Å². The van der Waals surface area contributed by atoms with Gasteiger partial charge in [-0.25, -0.2) is 0 Å². The molecular weight excluding hydrogens is 258 g/mol. The summed E-state index contributed by atoms with van der Waals surface area (Å²) >= 11 is 3.57. The third-order valence-corrected chi connectivity index (χ3v) is 3.79. The molecular formula is C10H10BrN3O. The highest BCUT2D eigenvalue weighted by Crippen LogP contribution is 2.37. The highest BCUT2D eigenvalue weighted by atomic mass is 79.9. The number of allylic oxidation sites excluding steroid dienone is 4. The normalized spacial score (nSPS) is 24.1. The Kier molecular flexibility index (Phi) is 1.95. The zero-order valence-corrected chi connectivity index (χ0v) is 9.86. The van der Waals surface area contributed by atoms with Gasteiger partial charge in [0.25, 0.3) is 0 Å². The van der Waals surface area contributed by atoms with Crippen LogP contribution in [-0.4, -0.2) is 14.8 Å². The van der Waals surface area contributed by atoms with Crippen LogP contribution in [0.25, 0.3) is 5.70 Å². The van der Waals surface area contributed by atoms with Crippen molar-refractivity contribution in [2.24, 2.45) is 5.92 Å². The number of nitrogens with zero attached hydrogens (tertiary/aromatic N) is 3. The van der Waals surface area contributed by atoms with Crippen LogP contribution in [-0.2, 0) is 11.3 Å². The second kappa shape index (κ2) is 3.20. The summed E-state index contributed by atoms with van der Waals surface area (Å²) in [6.45, 7) is 2.70. The fourth-order valence-electron chi connectivity index (χ4n) is 1.88. The molecule has 0 aromatic carbocycles. The molecule has 0 amide bonds. The van der Waals surface area contributed by atoms with Gasteiger partial charge in [-0.05, 0) is 12.0 Å². The summed E-state index contributed by atoms with van der Waals surface area (Å²) in [5.41, 5.74) is 1.06. The predicted molar refractivity (Wildman–Crippen MR) is 58.8 cm³/mol. The number of rotatable bonds is 0. The van der Waals surface area contributed by atoms with Crippen LogP contribution in [0.3, 0.4) is 0 Å². The zero-order valence-electron chi connectivity index (χ0n) is 8.27. The molecule has 15 heavy (non-hydrogen) atoms. The van der Waals surface area contributed by atoms with E-state index in [2.05, 4.69) is 39.1 Å². The first kappa shape index (κ1) is 9.15. The van der Waals surface area contributed by atoms with E-state index in [0.717, 1.165) is 23.7 Å². The molecule has 0 bridgehead atoms. The fourth-order valence-corrected chi connectivity index (χ4v) is 2.26. The van der Waals surface area contributed by atoms with Crippen LogP contribution in [0.1, 0.15) is 19.2 Å². The lowest BCUT2D eigenvalue weighted by Gasteiger charge is -2.27. The maximum absolute atomic E-state index is 5.68. The van der Waals surface area contributed by atoms with E-state index in [9.17, 15) is 0 Å². The van der Waals surface area contributed by atoms with Crippen molar-refractivity contribution >= 4 is 21.6 Å². The number of aromatic nitrogens is 3. The van der Waals surface area contributed by atoms with Gasteiger partial charge in [-0.1, -0.05) is 22.9 Å². The Labute approximate surface area is 95.8 Å². The van der Waals surface area contributed by atoms with Crippen molar-refractivity contribution in [3.63, 3.8) is 0 Å². The second-order valence-electron chi connectivity index (χ2n) is 3.85. The standard InChI is InChI=1S/C10H10BrN3O/c1-6-2-9-8(3-7(6)11)14-5-12-13-10(14)4-15-9/h3,5-6H,2,4H2,1H3. The molecule has 5 heteroatoms. The number of halogens is 1. The van der Waals surface area contributed by atoms with Crippen LogP contribution in [0.15, 0.2) is 22.6 Å². The van der Waals surface area contributed by atoms with E-state index in [1.54, 1.807) is 6.33 Å². The van der Waals surface area contributed by atoms with E-state index in [1.165, 1.54) is 4.48 Å². The molecule has 1 aromatic heterocycles. The molecule has 2 heterocycles. The predicted octanol–water partition coefficient (Wildman–Crippen LogP) is 2.30. The molecule has 1 aromatic rings. The Hall–Kier alpha value is -1.10. The first-order valence-electron chi connectivity index (χ1n) is 4.88. The minimum Gasteiger partial charge on any atom is -0.488 e. The molecule has 3 rings (SSSR count). The molecule has 0 saturated heterocycles. The van der Waals surface area contributed by atoms with Gasteiger partial charge < -0.3 is 4.74 Å². The largest absolute Gasteiger partial charge is 0.488 e. The summed E-state index contributed by atoms with van der Waals surface area (Å²) in [5.74, 6) is 2.39. The van der Waals surface area contributed by atoms with Gasteiger partial charge in [0.1, 0.15) is 18.7 Å². The molecule has 0 radical (unpaired) electrons. The summed E-state index contributed by atoms with van der Waals surface area (Å²) in [6.07, 6.45) is 4.76. The van der Waals surface area contributed by atoms with Crippen LogP contribution in [0.4, 0.5) is 0 Å². The summed E-state index contributed by atoms with van der Waals surface area (Å²) < 4.78 is 8.87. The Morgan fingerprint density at radius 1 is 1.60 bits per heavy atom. The lowest BCUT2D eigenvalue weighted by molar-refractivity contribution is 0.166. The molecule has 1 unspecified atom stereocenters. The molecule has 4 nitrogen and oxygen atoms in total. The van der Waals surface area contributed by atoms with Crippen molar-refractivity contribution in [1.29, 1.82) is 0 Å². The highest BCUT2D eigenvalue weighted by molar-refractivity contribution is 9.11. The van der Waals surface area contributed by atoms with Crippen LogP contribution in [0.5, 0.6) is 0 Å². The molecule has 0 fully saturated rings. The Morgan fingerprint density at radius 3 is 3.33 bits per heavy atom. The number of fused-ring (bicyclic) bond motifs is 2. The van der Waals surface area contributed by atoms with Gasteiger partial charge in [-0.3, -0.25) is 4.57 Å². The average molecular weight is 268 g/mol. The third-order valence-electron chi connectivity index (χ3n) is 2.78. The van der Waals surface area contributed by atoms with E-state index >= 15 is 0 Å². The Morgan fingerprint density at radius 2 is 2.47 bits per heavy atom. The maximum atomic E-state index is 5.68. The van der Waals surface area contributed by atoms with Crippen LogP contribution in [0, 0.1) is 5.92 Å². The summed E-state index contributed by atoms with van der Waals surface area (Å²) in [4.78, 5) is 0. The minimum absolute atomic E-state index is 0.488. The van der Waals surface area contributed by atoms with E-state index in [-0.39, 0.29) is 0 Å². The van der Waals surface area contributed by atoms with Crippen molar-refractivity contribution in [1.82, 2.24) is 14.8 Å². The Bertz CT molecular complexity index is 475. The molecule has 2 aliphatic rings. The molecule has 0 N–H and O–H groups in total. The molecule has 1 atom stereocenters. The van der Waals surface area contributed by atoms with Crippen molar-refractivity contribution in [2.75, 3.05) is 0 Å². The number of ether oxygens (including phenoxy) is 1. The Balaban J connectivity index is 2.13. The van der Waals surface area contributed by atoms with Crippen LogP contribution in [0.2, 0.25) is 0 Å². The van der Waals surface area contributed by atoms with E-state index in [0.29, 0.717) is 12.5 Å². The number of hydrogen-bond donors (Lipinski definition) is 0. The van der Waals surface area contributed by atoms with Crippen molar-refractivity contribution in [3.05, 3.63) is 28.5 Å². The first-order valence-corrected chi connectivity index (χ1v) is 5.67. The van der Waals surface area contributed by atoms with E-state index < -0.39 is 0 Å². The molecule has 0 saturated carbocycles. The molecule has 1 aliphatic heterocycles. The lowest BCUT2D eigenvalue weighted by Crippen LogP contribution is -2.17. The number of hydrogen-bond acceptors (Lipinski definition) is 3. The topological polar surface area (TPSA) is 39.9 Å². The highest BCUT2D eigenvalue weighted by Gasteiger charge is 2.26. The first-order chi connectivity index (χ1) is 7.25. The van der Waals surface area contributed by atoms with Gasteiger partial charge in [0.05, 0.1) is 5.70 Å². The summed E-state index contributed by atoms with van der Waals surface area (Å²) in [5, 5.41) is 7.89. The molecule has 78 valence electrons. The van der Waals surface area contributed by atoms with Gasteiger partial charge in [0.15, 0.2) is 5.82 Å². The SMILES string of the molecule is CC1CC2=C(C=C1Br)n1cnnc1CO2. The second-order valence-corrected chi connectivity index (χ2v) is 4.76. The van der Waals surface area contributed by atoms with Crippen LogP contribution < -0.4 is 0 Å². The minimum atomic E-state index is 0.488. The zero-order chi connectivity index (χ0) is 10.4. The summed E-state index contributed by atoms with van der Waals surface area (Å²) in [6, 6.07) is 0. The van der Waals surface area contributed by atoms with Crippen molar-refractivity contribution < 1.29 is 4.74 Å². The van der Waals surface area contributed by atoms with Crippen molar-refractivity contribution in [3.8, 4) is 0 Å². The average Bonchev–Trinajstić information content (AvgIpc) is 2.68. The lowest BCUT2D eigenvalue weighted by atomic mass is 9.99. The smallest absolute Gasteiger partial charge is 0.175 e. The molecule has 1 aliphatic carbocycles. The van der Waals surface area contributed by atoms with Gasteiger partial charge in [0, 0.05) is 10.9 Å². The van der Waals surface area contributed by atoms with Gasteiger partial charge >= 0.3 is 0 Å².